The first-order valence-corrected chi connectivity index (χ1v) is 10.5. The van der Waals surface area contributed by atoms with Crippen molar-refractivity contribution in [2.45, 2.75) is 23.8 Å². The molecule has 0 fully saturated rings. The number of anilines is 1. The van der Waals surface area contributed by atoms with E-state index in [-0.39, 0.29) is 11.4 Å². The Hall–Kier alpha value is -1.97. The van der Waals surface area contributed by atoms with Gasteiger partial charge in [-0.05, 0) is 36.2 Å². The highest BCUT2D eigenvalue weighted by Gasteiger charge is 2.28. The van der Waals surface area contributed by atoms with E-state index >= 15 is 0 Å². The zero-order chi connectivity index (χ0) is 19.5. The van der Waals surface area contributed by atoms with Crippen molar-refractivity contribution >= 4 is 37.1 Å². The SMILES string of the molecule is CCC(O)(CNc1ccc([N+](=O)[O-])c(S(C)(=O)=O)c1)c1ccc(Br)cc1. The van der Waals surface area contributed by atoms with Gasteiger partial charge in [0.05, 0.1) is 4.92 Å². The van der Waals surface area contributed by atoms with Gasteiger partial charge in [0.25, 0.3) is 5.69 Å². The minimum Gasteiger partial charge on any atom is -0.383 e. The maximum atomic E-state index is 11.8. The molecule has 1 atom stereocenters. The molecule has 0 radical (unpaired) electrons. The van der Waals surface area contributed by atoms with Gasteiger partial charge in [-0.2, -0.15) is 0 Å². The first-order chi connectivity index (χ1) is 12.1. The Morgan fingerprint density at radius 2 is 1.85 bits per heavy atom. The fourth-order valence-electron chi connectivity index (χ4n) is 2.51. The molecule has 2 aromatic rings. The summed E-state index contributed by atoms with van der Waals surface area (Å²) in [6.07, 6.45) is 1.34. The number of halogens is 1. The largest absolute Gasteiger partial charge is 0.383 e. The van der Waals surface area contributed by atoms with E-state index in [4.69, 9.17) is 0 Å². The van der Waals surface area contributed by atoms with Crippen LogP contribution in [0, 0.1) is 10.1 Å². The van der Waals surface area contributed by atoms with E-state index in [0.29, 0.717) is 17.7 Å². The summed E-state index contributed by atoms with van der Waals surface area (Å²) in [6.45, 7) is 1.95. The average molecular weight is 443 g/mol. The standard InChI is InChI=1S/C17H19BrN2O5S/c1-3-17(21,12-4-6-13(18)7-5-12)11-19-14-8-9-15(20(22)23)16(10-14)26(2,24)25/h4-10,19,21H,3,11H2,1-2H3. The van der Waals surface area contributed by atoms with Gasteiger partial charge >= 0.3 is 0 Å². The fourth-order valence-corrected chi connectivity index (χ4v) is 3.64. The molecule has 2 N–H and O–H groups in total. The van der Waals surface area contributed by atoms with E-state index in [1.54, 1.807) is 12.1 Å². The lowest BCUT2D eigenvalue weighted by Crippen LogP contribution is -2.33. The average Bonchev–Trinajstić information content (AvgIpc) is 2.59. The minimum absolute atomic E-state index is 0.117. The van der Waals surface area contributed by atoms with Gasteiger partial charge in [0.1, 0.15) is 10.5 Å². The molecule has 0 aliphatic rings. The summed E-state index contributed by atoms with van der Waals surface area (Å²) < 4.78 is 24.6. The van der Waals surface area contributed by atoms with Crippen molar-refractivity contribution in [1.29, 1.82) is 0 Å². The third-order valence-electron chi connectivity index (χ3n) is 4.11. The fraction of sp³-hybridized carbons (Fsp3) is 0.294. The summed E-state index contributed by atoms with van der Waals surface area (Å²) in [4.78, 5) is 9.94. The second kappa shape index (κ2) is 7.73. The minimum atomic E-state index is -3.77. The molecular weight excluding hydrogens is 424 g/mol. The zero-order valence-corrected chi connectivity index (χ0v) is 16.7. The van der Waals surface area contributed by atoms with Gasteiger partial charge in [0, 0.05) is 29.0 Å². The molecule has 1 unspecified atom stereocenters. The normalized spacial score (nSPS) is 13.8. The topological polar surface area (TPSA) is 110 Å². The summed E-state index contributed by atoms with van der Waals surface area (Å²) in [5, 5.41) is 24.9. The molecule has 2 aromatic carbocycles. The third kappa shape index (κ3) is 4.60. The lowest BCUT2D eigenvalue weighted by molar-refractivity contribution is -0.387. The molecule has 0 bridgehead atoms. The van der Waals surface area contributed by atoms with Gasteiger partial charge in [0.2, 0.25) is 0 Å². The first kappa shape index (κ1) is 20.3. The number of nitro groups is 1. The molecule has 9 heteroatoms. The Morgan fingerprint density at radius 1 is 1.23 bits per heavy atom. The number of rotatable bonds is 7. The predicted octanol–water partition coefficient (Wildman–Crippen LogP) is 3.47. The van der Waals surface area contributed by atoms with Gasteiger partial charge in [0.15, 0.2) is 9.84 Å². The number of nitro benzene ring substituents is 1. The van der Waals surface area contributed by atoms with Crippen LogP contribution in [0.1, 0.15) is 18.9 Å². The number of hydrogen-bond acceptors (Lipinski definition) is 6. The van der Waals surface area contributed by atoms with Gasteiger partial charge in [-0.15, -0.1) is 0 Å². The number of aliphatic hydroxyl groups is 1. The Morgan fingerprint density at radius 3 is 2.35 bits per heavy atom. The number of hydrogen-bond donors (Lipinski definition) is 2. The molecule has 140 valence electrons. The third-order valence-corrected chi connectivity index (χ3v) is 5.76. The van der Waals surface area contributed by atoms with Crippen LogP contribution < -0.4 is 5.32 Å². The van der Waals surface area contributed by atoms with Gasteiger partial charge in [-0.3, -0.25) is 10.1 Å². The van der Waals surface area contributed by atoms with Gasteiger partial charge < -0.3 is 10.4 Å². The number of benzene rings is 2. The molecule has 0 amide bonds. The molecule has 0 heterocycles. The summed E-state index contributed by atoms with van der Waals surface area (Å²) in [5.41, 5.74) is -0.564. The summed E-state index contributed by atoms with van der Waals surface area (Å²) in [6, 6.07) is 11.0. The highest BCUT2D eigenvalue weighted by molar-refractivity contribution is 9.10. The molecule has 0 aliphatic heterocycles. The van der Waals surface area contributed by atoms with E-state index in [0.717, 1.165) is 16.8 Å². The van der Waals surface area contributed by atoms with Crippen LogP contribution in [0.3, 0.4) is 0 Å². The van der Waals surface area contributed by atoms with Crippen molar-refractivity contribution in [1.82, 2.24) is 0 Å². The molecule has 0 saturated carbocycles. The molecule has 0 spiro atoms. The zero-order valence-electron chi connectivity index (χ0n) is 14.3. The van der Waals surface area contributed by atoms with Crippen LogP contribution in [0.5, 0.6) is 0 Å². The predicted molar refractivity (Wildman–Crippen MR) is 103 cm³/mol. The molecule has 0 saturated heterocycles. The van der Waals surface area contributed by atoms with Crippen LogP contribution >= 0.6 is 15.9 Å². The highest BCUT2D eigenvalue weighted by atomic mass is 79.9. The smallest absolute Gasteiger partial charge is 0.288 e. The van der Waals surface area contributed by atoms with Crippen molar-refractivity contribution < 1.29 is 18.4 Å². The van der Waals surface area contributed by atoms with Crippen LogP contribution in [-0.2, 0) is 15.4 Å². The lowest BCUT2D eigenvalue weighted by atomic mass is 9.91. The second-order valence-electron chi connectivity index (χ2n) is 5.96. The van der Waals surface area contributed by atoms with E-state index in [9.17, 15) is 23.6 Å². The van der Waals surface area contributed by atoms with Crippen molar-refractivity contribution in [3.05, 3.63) is 62.6 Å². The lowest BCUT2D eigenvalue weighted by Gasteiger charge is -2.28. The van der Waals surface area contributed by atoms with Gasteiger partial charge in [-0.1, -0.05) is 35.0 Å². The first-order valence-electron chi connectivity index (χ1n) is 7.77. The molecule has 0 aliphatic carbocycles. The summed E-state index contributed by atoms with van der Waals surface area (Å²) >= 11 is 3.35. The quantitative estimate of drug-likeness (QED) is 0.501. The van der Waals surface area contributed by atoms with Crippen LogP contribution in [0.4, 0.5) is 11.4 Å². The van der Waals surface area contributed by atoms with E-state index in [1.807, 2.05) is 19.1 Å². The summed E-state index contributed by atoms with van der Waals surface area (Å²) in [5.74, 6) is 0. The Bertz CT molecular complexity index is 915. The molecule has 2 rings (SSSR count). The van der Waals surface area contributed by atoms with Crippen LogP contribution in [0.25, 0.3) is 0 Å². The summed E-state index contributed by atoms with van der Waals surface area (Å²) in [7, 11) is -3.77. The maximum Gasteiger partial charge on any atom is 0.288 e. The van der Waals surface area contributed by atoms with Crippen molar-refractivity contribution in [3.63, 3.8) is 0 Å². The van der Waals surface area contributed by atoms with E-state index in [2.05, 4.69) is 21.2 Å². The second-order valence-corrected chi connectivity index (χ2v) is 8.86. The van der Waals surface area contributed by atoms with Crippen LogP contribution in [0.2, 0.25) is 0 Å². The van der Waals surface area contributed by atoms with Gasteiger partial charge in [-0.25, -0.2) is 8.42 Å². The maximum absolute atomic E-state index is 11.8. The van der Waals surface area contributed by atoms with Crippen LogP contribution in [-0.4, -0.2) is 31.2 Å². The molecule has 0 aromatic heterocycles. The van der Waals surface area contributed by atoms with Crippen molar-refractivity contribution in [3.8, 4) is 0 Å². The number of nitrogens with one attached hydrogen (secondary N) is 1. The van der Waals surface area contributed by atoms with Crippen molar-refractivity contribution in [2.75, 3.05) is 18.1 Å². The number of sulfone groups is 1. The van der Waals surface area contributed by atoms with Crippen molar-refractivity contribution in [2.24, 2.45) is 0 Å². The molecule has 7 nitrogen and oxygen atoms in total. The molecule has 26 heavy (non-hydrogen) atoms. The Labute approximate surface area is 160 Å². The Kier molecular flexibility index (Phi) is 6.05. The van der Waals surface area contributed by atoms with E-state index < -0.39 is 26.0 Å². The number of nitrogens with zero attached hydrogens (tertiary/aromatic N) is 1. The molecular formula is C17H19BrN2O5S. The van der Waals surface area contributed by atoms with E-state index in [1.165, 1.54) is 12.1 Å². The highest BCUT2D eigenvalue weighted by Crippen LogP contribution is 2.30. The Balaban J connectivity index is 2.30. The monoisotopic (exact) mass is 442 g/mol. The van der Waals surface area contributed by atoms with Crippen LogP contribution in [0.15, 0.2) is 51.8 Å².